The summed E-state index contributed by atoms with van der Waals surface area (Å²) in [5, 5.41) is 12.4. The molecule has 2 aromatic rings. The smallest absolute Gasteiger partial charge is 0.336 e. The number of carboxylic acid groups (broad SMARTS) is 1. The van der Waals surface area contributed by atoms with Crippen molar-refractivity contribution < 1.29 is 14.4 Å². The molecule has 0 saturated carbocycles. The minimum absolute atomic E-state index is 0.0740. The maximum absolute atomic E-state index is 10.9. The number of pyridine rings is 1. The predicted octanol–water partition coefficient (Wildman–Crippen LogP) is 0.214. The summed E-state index contributed by atoms with van der Waals surface area (Å²) in [4.78, 5) is 23.9. The molecule has 2 heterocycles. The van der Waals surface area contributed by atoms with Gasteiger partial charge in [0.1, 0.15) is 0 Å². The molecule has 0 aliphatic rings. The normalized spacial score (nSPS) is 10.5. The predicted molar refractivity (Wildman–Crippen MR) is 41.6 cm³/mol. The molecule has 0 amide bonds. The molecule has 66 valence electrons. The monoisotopic (exact) mass is 180 g/mol. The number of rotatable bonds is 1. The van der Waals surface area contributed by atoms with Gasteiger partial charge in [-0.2, -0.15) is 0 Å². The first-order valence-corrected chi connectivity index (χ1v) is 3.39. The summed E-state index contributed by atoms with van der Waals surface area (Å²) in [7, 11) is 0. The molecule has 0 spiro atoms. The molecular formula is C7H4N2O4. The van der Waals surface area contributed by atoms with Gasteiger partial charge in [0.15, 0.2) is 0 Å². The molecule has 6 nitrogen and oxygen atoms in total. The van der Waals surface area contributed by atoms with E-state index in [1.807, 2.05) is 0 Å². The van der Waals surface area contributed by atoms with Crippen molar-refractivity contribution in [3.63, 3.8) is 0 Å². The van der Waals surface area contributed by atoms with E-state index in [0.29, 0.717) is 0 Å². The zero-order valence-electron chi connectivity index (χ0n) is 6.27. The van der Waals surface area contributed by atoms with Crippen LogP contribution in [-0.4, -0.2) is 21.2 Å². The van der Waals surface area contributed by atoms with Crippen LogP contribution in [0.4, 0.5) is 0 Å². The summed E-state index contributed by atoms with van der Waals surface area (Å²) in [6.45, 7) is 0. The Hall–Kier alpha value is -2.11. The minimum Gasteiger partial charge on any atom is -0.478 e. The molecule has 2 aromatic heterocycles. The van der Waals surface area contributed by atoms with Crippen LogP contribution in [0.3, 0.4) is 0 Å². The Bertz CT molecular complexity index is 525. The van der Waals surface area contributed by atoms with Crippen molar-refractivity contribution in [1.29, 1.82) is 0 Å². The lowest BCUT2D eigenvalue weighted by Crippen LogP contribution is -2.08. The maximum Gasteiger partial charge on any atom is 0.336 e. The van der Waals surface area contributed by atoms with Gasteiger partial charge in [0.2, 0.25) is 5.71 Å². The number of carboxylic acids is 1. The van der Waals surface area contributed by atoms with E-state index in [4.69, 9.17) is 5.11 Å². The van der Waals surface area contributed by atoms with Crippen LogP contribution in [0.15, 0.2) is 21.6 Å². The van der Waals surface area contributed by atoms with Gasteiger partial charge in [-0.3, -0.25) is 9.78 Å². The molecule has 2 N–H and O–H groups in total. The van der Waals surface area contributed by atoms with Crippen LogP contribution in [-0.2, 0) is 0 Å². The van der Waals surface area contributed by atoms with Crippen LogP contribution >= 0.6 is 0 Å². The first kappa shape index (κ1) is 7.53. The summed E-state index contributed by atoms with van der Waals surface area (Å²) >= 11 is 0. The van der Waals surface area contributed by atoms with Gasteiger partial charge < -0.3 is 9.63 Å². The Labute approximate surface area is 70.8 Å². The number of H-pyrrole nitrogens is 1. The van der Waals surface area contributed by atoms with Gasteiger partial charge in [-0.05, 0) is 0 Å². The molecule has 0 radical (unpaired) electrons. The van der Waals surface area contributed by atoms with E-state index in [2.05, 4.69) is 14.7 Å². The van der Waals surface area contributed by atoms with Crippen LogP contribution in [0.2, 0.25) is 0 Å². The second-order valence-corrected chi connectivity index (χ2v) is 2.42. The van der Waals surface area contributed by atoms with Crippen molar-refractivity contribution in [2.24, 2.45) is 0 Å². The lowest BCUT2D eigenvalue weighted by molar-refractivity contribution is 0.0699. The molecule has 0 bridgehead atoms. The number of aromatic nitrogens is 2. The molecule has 0 unspecified atom stereocenters. The standard InChI is InChI=1S/C7H4N2O4/c10-5-1-3(7(11)12)4-2-8-13-6(4)9-5/h1-2H,(H,9,10)(H,11,12). The van der Waals surface area contributed by atoms with Gasteiger partial charge in [0.05, 0.1) is 17.1 Å². The molecule has 0 aliphatic heterocycles. The first-order chi connectivity index (χ1) is 6.18. The Morgan fingerprint density at radius 2 is 2.38 bits per heavy atom. The lowest BCUT2D eigenvalue weighted by atomic mass is 10.2. The largest absolute Gasteiger partial charge is 0.478 e. The SMILES string of the molecule is O=C(O)c1cc(=O)[nH]c2oncc12. The van der Waals surface area contributed by atoms with Crippen molar-refractivity contribution in [1.82, 2.24) is 10.1 Å². The highest BCUT2D eigenvalue weighted by Gasteiger charge is 2.12. The third-order valence-electron chi connectivity index (χ3n) is 1.60. The van der Waals surface area contributed by atoms with Crippen LogP contribution in [0.5, 0.6) is 0 Å². The van der Waals surface area contributed by atoms with Gasteiger partial charge >= 0.3 is 5.97 Å². The molecule has 0 fully saturated rings. The van der Waals surface area contributed by atoms with Crippen LogP contribution in [0.1, 0.15) is 10.4 Å². The molecule has 2 rings (SSSR count). The maximum atomic E-state index is 10.9. The Balaban J connectivity index is 2.93. The number of hydrogen-bond donors (Lipinski definition) is 2. The summed E-state index contributed by atoms with van der Waals surface area (Å²) < 4.78 is 4.62. The molecule has 0 atom stereocenters. The van der Waals surface area contributed by atoms with E-state index >= 15 is 0 Å². The fourth-order valence-corrected chi connectivity index (χ4v) is 1.06. The number of carbonyl (C=O) groups is 1. The molecular weight excluding hydrogens is 176 g/mol. The average molecular weight is 180 g/mol. The lowest BCUT2D eigenvalue weighted by Gasteiger charge is -1.92. The first-order valence-electron chi connectivity index (χ1n) is 3.39. The van der Waals surface area contributed by atoms with E-state index in [1.54, 1.807) is 0 Å². The van der Waals surface area contributed by atoms with Crippen molar-refractivity contribution in [3.8, 4) is 0 Å². The van der Waals surface area contributed by atoms with E-state index in [0.717, 1.165) is 6.07 Å². The fraction of sp³-hybridized carbons (Fsp3) is 0. The van der Waals surface area contributed by atoms with Crippen molar-refractivity contribution in [2.45, 2.75) is 0 Å². The van der Waals surface area contributed by atoms with Crippen molar-refractivity contribution >= 4 is 17.1 Å². The molecule has 6 heteroatoms. The highest BCUT2D eigenvalue weighted by molar-refractivity contribution is 6.00. The molecule has 0 aromatic carbocycles. The summed E-state index contributed by atoms with van der Waals surface area (Å²) in [5.74, 6) is -1.18. The molecule has 13 heavy (non-hydrogen) atoms. The van der Waals surface area contributed by atoms with Crippen LogP contribution in [0, 0.1) is 0 Å². The summed E-state index contributed by atoms with van der Waals surface area (Å²) in [6, 6.07) is 0.988. The number of nitrogens with zero attached hydrogens (tertiary/aromatic N) is 1. The number of hydrogen-bond acceptors (Lipinski definition) is 4. The average Bonchev–Trinajstić information content (AvgIpc) is 2.49. The van der Waals surface area contributed by atoms with Gasteiger partial charge in [0, 0.05) is 6.07 Å². The number of aromatic carboxylic acids is 1. The van der Waals surface area contributed by atoms with E-state index < -0.39 is 11.5 Å². The molecule has 0 saturated heterocycles. The van der Waals surface area contributed by atoms with Crippen LogP contribution in [0.25, 0.3) is 11.1 Å². The Morgan fingerprint density at radius 1 is 1.62 bits per heavy atom. The second-order valence-electron chi connectivity index (χ2n) is 2.42. The summed E-state index contributed by atoms with van der Waals surface area (Å²) in [6.07, 6.45) is 1.24. The van der Waals surface area contributed by atoms with E-state index in [9.17, 15) is 9.59 Å². The van der Waals surface area contributed by atoms with Crippen molar-refractivity contribution in [3.05, 3.63) is 28.2 Å². The Kier molecular flexibility index (Phi) is 1.42. The van der Waals surface area contributed by atoms with Crippen molar-refractivity contribution in [2.75, 3.05) is 0 Å². The number of aromatic amines is 1. The topological polar surface area (TPSA) is 96.2 Å². The van der Waals surface area contributed by atoms with Crippen LogP contribution < -0.4 is 5.56 Å². The van der Waals surface area contributed by atoms with Gasteiger partial charge in [-0.15, -0.1) is 0 Å². The molecule has 0 aliphatic carbocycles. The highest BCUT2D eigenvalue weighted by Crippen LogP contribution is 2.13. The van der Waals surface area contributed by atoms with Gasteiger partial charge in [0.25, 0.3) is 5.56 Å². The highest BCUT2D eigenvalue weighted by atomic mass is 16.5. The Morgan fingerprint density at radius 3 is 3.08 bits per heavy atom. The number of fused-ring (bicyclic) bond motifs is 1. The van der Waals surface area contributed by atoms with E-state index in [1.165, 1.54) is 6.20 Å². The van der Waals surface area contributed by atoms with Gasteiger partial charge in [-0.1, -0.05) is 5.16 Å². The fourth-order valence-electron chi connectivity index (χ4n) is 1.06. The third kappa shape index (κ3) is 1.08. The third-order valence-corrected chi connectivity index (χ3v) is 1.60. The quantitative estimate of drug-likeness (QED) is 0.654. The van der Waals surface area contributed by atoms with Gasteiger partial charge in [-0.25, -0.2) is 4.79 Å². The zero-order valence-corrected chi connectivity index (χ0v) is 6.27. The zero-order chi connectivity index (χ0) is 9.42. The van der Waals surface area contributed by atoms with E-state index in [-0.39, 0.29) is 16.7 Å². The second kappa shape index (κ2) is 2.44. The minimum atomic E-state index is -1.18. The summed E-state index contributed by atoms with van der Waals surface area (Å²) in [5.41, 5.74) is -0.563. The number of nitrogens with one attached hydrogen (secondary N) is 1.